The van der Waals surface area contributed by atoms with Gasteiger partial charge < -0.3 is 10.4 Å². The van der Waals surface area contributed by atoms with Crippen molar-refractivity contribution >= 4 is 0 Å². The number of aliphatic hydroxyl groups is 1. The second-order valence-corrected chi connectivity index (χ2v) is 4.76. The number of rotatable bonds is 5. The third kappa shape index (κ3) is 2.66. The SMILES string of the molecule is N#CCC(NC1(CO)CCC1)c1ccccc1. The van der Waals surface area contributed by atoms with Gasteiger partial charge in [-0.15, -0.1) is 0 Å². The summed E-state index contributed by atoms with van der Waals surface area (Å²) in [7, 11) is 0. The van der Waals surface area contributed by atoms with Gasteiger partial charge in [0.2, 0.25) is 0 Å². The van der Waals surface area contributed by atoms with E-state index in [-0.39, 0.29) is 18.2 Å². The van der Waals surface area contributed by atoms with Crippen molar-refractivity contribution in [2.45, 2.75) is 37.3 Å². The Hall–Kier alpha value is -1.37. The number of benzene rings is 1. The Balaban J connectivity index is 2.10. The van der Waals surface area contributed by atoms with E-state index in [1.165, 1.54) is 0 Å². The maximum Gasteiger partial charge on any atom is 0.0641 e. The van der Waals surface area contributed by atoms with Crippen LogP contribution in [0.15, 0.2) is 30.3 Å². The van der Waals surface area contributed by atoms with E-state index in [1.807, 2.05) is 30.3 Å². The van der Waals surface area contributed by atoms with Crippen LogP contribution in [-0.2, 0) is 0 Å². The van der Waals surface area contributed by atoms with Crippen molar-refractivity contribution in [1.82, 2.24) is 5.32 Å². The molecule has 0 radical (unpaired) electrons. The lowest BCUT2D eigenvalue weighted by molar-refractivity contribution is 0.0769. The molecule has 1 aliphatic carbocycles. The summed E-state index contributed by atoms with van der Waals surface area (Å²) in [5.41, 5.74) is 0.964. The Labute approximate surface area is 102 Å². The minimum Gasteiger partial charge on any atom is -0.394 e. The number of nitrogens with zero attached hydrogens (tertiary/aromatic N) is 1. The van der Waals surface area contributed by atoms with E-state index in [1.54, 1.807) is 0 Å². The smallest absolute Gasteiger partial charge is 0.0641 e. The summed E-state index contributed by atoms with van der Waals surface area (Å²) >= 11 is 0. The van der Waals surface area contributed by atoms with E-state index in [0.717, 1.165) is 24.8 Å². The molecule has 0 spiro atoms. The largest absolute Gasteiger partial charge is 0.394 e. The molecular weight excluding hydrogens is 212 g/mol. The summed E-state index contributed by atoms with van der Waals surface area (Å²) < 4.78 is 0. The van der Waals surface area contributed by atoms with Crippen molar-refractivity contribution in [3.05, 3.63) is 35.9 Å². The van der Waals surface area contributed by atoms with Crippen LogP contribution < -0.4 is 5.32 Å². The maximum absolute atomic E-state index is 9.46. The van der Waals surface area contributed by atoms with Crippen LogP contribution in [0.1, 0.15) is 37.3 Å². The third-order valence-corrected chi connectivity index (χ3v) is 3.59. The highest BCUT2D eigenvalue weighted by atomic mass is 16.3. The molecule has 0 saturated heterocycles. The molecule has 0 bridgehead atoms. The zero-order chi connectivity index (χ0) is 12.1. The molecule has 1 aliphatic rings. The van der Waals surface area contributed by atoms with Crippen molar-refractivity contribution in [3.8, 4) is 6.07 Å². The maximum atomic E-state index is 9.46. The minimum absolute atomic E-state index is 0.0219. The molecule has 1 saturated carbocycles. The molecule has 0 heterocycles. The Morgan fingerprint density at radius 1 is 1.35 bits per heavy atom. The van der Waals surface area contributed by atoms with Gasteiger partial charge >= 0.3 is 0 Å². The number of aliphatic hydroxyl groups excluding tert-OH is 1. The first-order chi connectivity index (χ1) is 8.29. The average Bonchev–Trinajstić information content (AvgIpc) is 2.33. The molecule has 0 aliphatic heterocycles. The van der Waals surface area contributed by atoms with Crippen LogP contribution in [0, 0.1) is 11.3 Å². The summed E-state index contributed by atoms with van der Waals surface area (Å²) in [5, 5.41) is 21.8. The average molecular weight is 230 g/mol. The van der Waals surface area contributed by atoms with Crippen molar-refractivity contribution in [2.24, 2.45) is 0 Å². The second-order valence-electron chi connectivity index (χ2n) is 4.76. The van der Waals surface area contributed by atoms with Crippen molar-refractivity contribution in [2.75, 3.05) is 6.61 Å². The first-order valence-corrected chi connectivity index (χ1v) is 6.10. The molecule has 2 rings (SSSR count). The third-order valence-electron chi connectivity index (χ3n) is 3.59. The molecule has 17 heavy (non-hydrogen) atoms. The van der Waals surface area contributed by atoms with Crippen LogP contribution in [0.3, 0.4) is 0 Å². The van der Waals surface area contributed by atoms with E-state index in [9.17, 15) is 5.11 Å². The van der Waals surface area contributed by atoms with E-state index in [2.05, 4.69) is 11.4 Å². The number of nitriles is 1. The normalized spacial score (nSPS) is 19.1. The van der Waals surface area contributed by atoms with Crippen molar-refractivity contribution in [1.29, 1.82) is 5.26 Å². The topological polar surface area (TPSA) is 56.0 Å². The molecule has 1 unspecified atom stereocenters. The van der Waals surface area contributed by atoms with E-state index < -0.39 is 0 Å². The fourth-order valence-corrected chi connectivity index (χ4v) is 2.35. The lowest BCUT2D eigenvalue weighted by Gasteiger charge is -2.43. The van der Waals surface area contributed by atoms with Gasteiger partial charge in [-0.2, -0.15) is 5.26 Å². The van der Waals surface area contributed by atoms with Crippen LogP contribution >= 0.6 is 0 Å². The molecular formula is C14H18N2O. The first-order valence-electron chi connectivity index (χ1n) is 6.10. The molecule has 90 valence electrons. The van der Waals surface area contributed by atoms with Crippen molar-refractivity contribution in [3.63, 3.8) is 0 Å². The Bertz CT molecular complexity index is 387. The Morgan fingerprint density at radius 3 is 2.53 bits per heavy atom. The van der Waals surface area contributed by atoms with Crippen LogP contribution in [0.4, 0.5) is 0 Å². The Morgan fingerprint density at radius 2 is 2.06 bits per heavy atom. The quantitative estimate of drug-likeness (QED) is 0.815. The van der Waals surface area contributed by atoms with Gasteiger partial charge in [0.25, 0.3) is 0 Å². The molecule has 1 aromatic rings. The monoisotopic (exact) mass is 230 g/mol. The number of hydrogen-bond donors (Lipinski definition) is 2. The van der Waals surface area contributed by atoms with E-state index in [4.69, 9.17) is 5.26 Å². The summed E-state index contributed by atoms with van der Waals surface area (Å²) in [6.07, 6.45) is 3.59. The molecule has 1 fully saturated rings. The van der Waals surface area contributed by atoms with Gasteiger partial charge in [0.05, 0.1) is 19.1 Å². The highest BCUT2D eigenvalue weighted by Crippen LogP contribution is 2.34. The molecule has 0 amide bonds. The van der Waals surface area contributed by atoms with Crippen LogP contribution in [-0.4, -0.2) is 17.3 Å². The van der Waals surface area contributed by atoms with Crippen molar-refractivity contribution < 1.29 is 5.11 Å². The molecule has 0 aromatic heterocycles. The second kappa shape index (κ2) is 5.31. The van der Waals surface area contributed by atoms with Gasteiger partial charge in [-0.25, -0.2) is 0 Å². The molecule has 3 nitrogen and oxygen atoms in total. The van der Waals surface area contributed by atoms with Crippen LogP contribution in [0.25, 0.3) is 0 Å². The first kappa shape index (κ1) is 12.1. The highest BCUT2D eigenvalue weighted by Gasteiger charge is 2.37. The van der Waals surface area contributed by atoms with E-state index in [0.29, 0.717) is 6.42 Å². The highest BCUT2D eigenvalue weighted by molar-refractivity contribution is 5.21. The summed E-state index contributed by atoms with van der Waals surface area (Å²) in [6.45, 7) is 0.155. The lowest BCUT2D eigenvalue weighted by Crippen LogP contribution is -2.55. The predicted molar refractivity (Wildman–Crippen MR) is 66.2 cm³/mol. The zero-order valence-electron chi connectivity index (χ0n) is 9.89. The van der Waals surface area contributed by atoms with Crippen LogP contribution in [0.5, 0.6) is 0 Å². The number of hydrogen-bond acceptors (Lipinski definition) is 3. The standard InChI is InChI=1S/C14H18N2O/c15-10-7-13(12-5-2-1-3-6-12)16-14(11-17)8-4-9-14/h1-3,5-6,13,16-17H,4,7-9,11H2. The number of nitrogens with one attached hydrogen (secondary N) is 1. The van der Waals surface area contributed by atoms with E-state index >= 15 is 0 Å². The molecule has 2 N–H and O–H groups in total. The van der Waals surface area contributed by atoms with Gasteiger partial charge in [0, 0.05) is 11.6 Å². The summed E-state index contributed by atoms with van der Waals surface area (Å²) in [6, 6.07) is 12.2. The molecule has 1 atom stereocenters. The minimum atomic E-state index is -0.155. The fourth-order valence-electron chi connectivity index (χ4n) is 2.35. The molecule has 1 aromatic carbocycles. The molecule has 3 heteroatoms. The van der Waals surface area contributed by atoms with Gasteiger partial charge in [0.1, 0.15) is 0 Å². The van der Waals surface area contributed by atoms with Gasteiger partial charge in [-0.3, -0.25) is 0 Å². The predicted octanol–water partition coefficient (Wildman–Crippen LogP) is 2.15. The van der Waals surface area contributed by atoms with Gasteiger partial charge in [0.15, 0.2) is 0 Å². The van der Waals surface area contributed by atoms with Gasteiger partial charge in [-0.05, 0) is 24.8 Å². The summed E-state index contributed by atoms with van der Waals surface area (Å²) in [5.74, 6) is 0. The lowest BCUT2D eigenvalue weighted by atomic mass is 9.76. The van der Waals surface area contributed by atoms with Crippen LogP contribution in [0.2, 0.25) is 0 Å². The zero-order valence-corrected chi connectivity index (χ0v) is 9.89. The summed E-state index contributed by atoms with van der Waals surface area (Å²) in [4.78, 5) is 0. The fraction of sp³-hybridized carbons (Fsp3) is 0.500. The van der Waals surface area contributed by atoms with Gasteiger partial charge in [-0.1, -0.05) is 30.3 Å². The Kier molecular flexibility index (Phi) is 3.78.